The molecule has 1 heterocycles. The maximum atomic E-state index is 9.40. The third-order valence-electron chi connectivity index (χ3n) is 3.22. The van der Waals surface area contributed by atoms with Gasteiger partial charge in [0.15, 0.2) is 11.5 Å². The Kier molecular flexibility index (Phi) is 4.63. The molecule has 0 saturated heterocycles. The van der Waals surface area contributed by atoms with Crippen molar-refractivity contribution < 1.29 is 14.6 Å². The van der Waals surface area contributed by atoms with E-state index in [9.17, 15) is 5.11 Å². The molecule has 1 aliphatic heterocycles. The van der Waals surface area contributed by atoms with E-state index in [4.69, 9.17) is 15.2 Å². The van der Waals surface area contributed by atoms with E-state index >= 15 is 0 Å². The summed E-state index contributed by atoms with van der Waals surface area (Å²) in [5, 5.41) is 12.8. The van der Waals surface area contributed by atoms with Crippen LogP contribution >= 0.6 is 0 Å². The molecule has 0 bridgehead atoms. The predicted octanol–water partition coefficient (Wildman–Crippen LogP) is 1.16. The summed E-state index contributed by atoms with van der Waals surface area (Å²) in [6.07, 6.45) is 0.374. The molecule has 19 heavy (non-hydrogen) atoms. The van der Waals surface area contributed by atoms with Crippen LogP contribution in [0.1, 0.15) is 31.9 Å². The minimum Gasteiger partial charge on any atom is -0.454 e. The molecule has 0 fully saturated rings. The predicted molar refractivity (Wildman–Crippen MR) is 73.3 cm³/mol. The molecular weight excluding hydrogens is 244 g/mol. The zero-order valence-electron chi connectivity index (χ0n) is 11.4. The first-order valence-electron chi connectivity index (χ1n) is 6.64. The summed E-state index contributed by atoms with van der Waals surface area (Å²) < 4.78 is 10.7. The van der Waals surface area contributed by atoms with Crippen LogP contribution in [-0.4, -0.2) is 30.6 Å². The van der Waals surface area contributed by atoms with Crippen molar-refractivity contribution >= 4 is 0 Å². The fourth-order valence-electron chi connectivity index (χ4n) is 2.35. The van der Waals surface area contributed by atoms with Crippen LogP contribution in [0.2, 0.25) is 0 Å². The van der Waals surface area contributed by atoms with Gasteiger partial charge >= 0.3 is 0 Å². The van der Waals surface area contributed by atoms with Gasteiger partial charge in [0.2, 0.25) is 6.79 Å². The van der Waals surface area contributed by atoms with E-state index in [1.165, 1.54) is 0 Å². The van der Waals surface area contributed by atoms with Gasteiger partial charge in [-0.05, 0) is 38.0 Å². The topological polar surface area (TPSA) is 76.7 Å². The second-order valence-corrected chi connectivity index (χ2v) is 5.05. The van der Waals surface area contributed by atoms with Gasteiger partial charge in [-0.15, -0.1) is 0 Å². The van der Waals surface area contributed by atoms with Gasteiger partial charge < -0.3 is 25.6 Å². The highest BCUT2D eigenvalue weighted by molar-refractivity contribution is 5.45. The van der Waals surface area contributed by atoms with Gasteiger partial charge in [-0.1, -0.05) is 6.07 Å². The molecule has 1 aliphatic rings. The van der Waals surface area contributed by atoms with E-state index < -0.39 is 0 Å². The number of benzene rings is 1. The van der Waals surface area contributed by atoms with Crippen LogP contribution in [0.4, 0.5) is 0 Å². The van der Waals surface area contributed by atoms with Crippen molar-refractivity contribution in [1.82, 2.24) is 5.32 Å². The summed E-state index contributed by atoms with van der Waals surface area (Å²) in [5.74, 6) is 1.54. The lowest BCUT2D eigenvalue weighted by Gasteiger charge is -2.23. The van der Waals surface area contributed by atoms with E-state index in [0.29, 0.717) is 13.0 Å². The van der Waals surface area contributed by atoms with Crippen molar-refractivity contribution in [1.29, 1.82) is 0 Å². The Morgan fingerprint density at radius 1 is 1.32 bits per heavy atom. The molecule has 1 aromatic carbocycles. The highest BCUT2D eigenvalue weighted by Gasteiger charge is 2.18. The largest absolute Gasteiger partial charge is 0.454 e. The lowest BCUT2D eigenvalue weighted by Crippen LogP contribution is -2.36. The summed E-state index contributed by atoms with van der Waals surface area (Å²) in [6.45, 7) is 4.60. The molecule has 0 amide bonds. The molecular formula is C14H22N2O3. The monoisotopic (exact) mass is 266 g/mol. The first-order chi connectivity index (χ1) is 9.10. The number of fused-ring (bicyclic) bond motifs is 1. The summed E-state index contributed by atoms with van der Waals surface area (Å²) in [7, 11) is 0. The highest BCUT2D eigenvalue weighted by atomic mass is 16.7. The molecule has 0 radical (unpaired) electrons. The van der Waals surface area contributed by atoms with E-state index in [0.717, 1.165) is 17.1 Å². The smallest absolute Gasteiger partial charge is 0.231 e. The number of aliphatic hydroxyl groups excluding tert-OH is 1. The first-order valence-corrected chi connectivity index (χ1v) is 6.64. The molecule has 4 N–H and O–H groups in total. The number of rotatable bonds is 6. The number of hydrogen-bond donors (Lipinski definition) is 3. The van der Waals surface area contributed by atoms with Crippen LogP contribution in [0.15, 0.2) is 18.2 Å². The molecule has 1 aromatic rings. The molecule has 0 saturated carbocycles. The first kappa shape index (κ1) is 14.1. The third-order valence-corrected chi connectivity index (χ3v) is 3.22. The SMILES string of the molecule is CC(O)CC(C)NC(CN)c1ccc2c(c1)OCO2. The highest BCUT2D eigenvalue weighted by Crippen LogP contribution is 2.34. The van der Waals surface area contributed by atoms with Crippen molar-refractivity contribution in [2.75, 3.05) is 13.3 Å². The van der Waals surface area contributed by atoms with Gasteiger partial charge in [0.05, 0.1) is 6.10 Å². The molecule has 5 nitrogen and oxygen atoms in total. The molecule has 2 rings (SSSR count). The maximum Gasteiger partial charge on any atom is 0.231 e. The molecule has 0 aliphatic carbocycles. The number of hydrogen-bond acceptors (Lipinski definition) is 5. The number of nitrogens with two attached hydrogens (primary N) is 1. The third kappa shape index (κ3) is 3.59. The Morgan fingerprint density at radius 2 is 2.05 bits per heavy atom. The van der Waals surface area contributed by atoms with Crippen LogP contribution in [0.3, 0.4) is 0 Å². The van der Waals surface area contributed by atoms with Crippen LogP contribution in [0.25, 0.3) is 0 Å². The lowest BCUT2D eigenvalue weighted by molar-refractivity contribution is 0.168. The lowest BCUT2D eigenvalue weighted by atomic mass is 10.0. The molecule has 5 heteroatoms. The van der Waals surface area contributed by atoms with Crippen LogP contribution < -0.4 is 20.5 Å². The fourth-order valence-corrected chi connectivity index (χ4v) is 2.35. The maximum absolute atomic E-state index is 9.40. The van der Waals surface area contributed by atoms with E-state index in [2.05, 4.69) is 5.32 Å². The Hall–Kier alpha value is -1.30. The molecule has 0 spiro atoms. The second kappa shape index (κ2) is 6.23. The second-order valence-electron chi connectivity index (χ2n) is 5.05. The van der Waals surface area contributed by atoms with Gasteiger partial charge in [0.25, 0.3) is 0 Å². The molecule has 3 unspecified atom stereocenters. The number of aliphatic hydroxyl groups is 1. The zero-order chi connectivity index (χ0) is 13.8. The minimum absolute atomic E-state index is 0.0447. The van der Waals surface area contributed by atoms with Crippen LogP contribution in [0.5, 0.6) is 11.5 Å². The zero-order valence-corrected chi connectivity index (χ0v) is 11.4. The van der Waals surface area contributed by atoms with Gasteiger partial charge in [-0.2, -0.15) is 0 Å². The summed E-state index contributed by atoms with van der Waals surface area (Å²) in [6, 6.07) is 6.10. The normalized spacial score (nSPS) is 18.1. The standard InChI is InChI=1S/C14H22N2O3/c1-9(5-10(2)17)16-12(7-15)11-3-4-13-14(6-11)19-8-18-13/h3-4,6,9-10,12,16-17H,5,7-8,15H2,1-2H3. The van der Waals surface area contributed by atoms with Gasteiger partial charge in [-0.3, -0.25) is 0 Å². The number of nitrogens with one attached hydrogen (secondary N) is 1. The van der Waals surface area contributed by atoms with Crippen molar-refractivity contribution in [2.24, 2.45) is 5.73 Å². The van der Waals surface area contributed by atoms with Gasteiger partial charge in [0.1, 0.15) is 0 Å². The van der Waals surface area contributed by atoms with Crippen LogP contribution in [0, 0.1) is 0 Å². The Bertz CT molecular complexity index is 423. The van der Waals surface area contributed by atoms with Crippen LogP contribution in [-0.2, 0) is 0 Å². The van der Waals surface area contributed by atoms with Crippen molar-refractivity contribution in [3.05, 3.63) is 23.8 Å². The summed E-state index contributed by atoms with van der Waals surface area (Å²) in [4.78, 5) is 0. The average Bonchev–Trinajstić information content (AvgIpc) is 2.82. The average molecular weight is 266 g/mol. The van der Waals surface area contributed by atoms with Crippen molar-refractivity contribution in [2.45, 2.75) is 38.5 Å². The number of ether oxygens (including phenoxy) is 2. The Labute approximate surface area is 113 Å². The Morgan fingerprint density at radius 3 is 2.74 bits per heavy atom. The molecule has 3 atom stereocenters. The fraction of sp³-hybridized carbons (Fsp3) is 0.571. The quantitative estimate of drug-likeness (QED) is 0.720. The molecule has 0 aromatic heterocycles. The van der Waals surface area contributed by atoms with E-state index in [1.807, 2.05) is 25.1 Å². The van der Waals surface area contributed by atoms with E-state index in [-0.39, 0.29) is 25.0 Å². The van der Waals surface area contributed by atoms with Crippen molar-refractivity contribution in [3.63, 3.8) is 0 Å². The summed E-state index contributed by atoms with van der Waals surface area (Å²) >= 11 is 0. The van der Waals surface area contributed by atoms with Gasteiger partial charge in [0, 0.05) is 18.6 Å². The minimum atomic E-state index is -0.322. The Balaban J connectivity index is 2.05. The van der Waals surface area contributed by atoms with E-state index in [1.54, 1.807) is 6.92 Å². The summed E-state index contributed by atoms with van der Waals surface area (Å²) in [5.41, 5.74) is 6.91. The molecule has 106 valence electrons. The van der Waals surface area contributed by atoms with Crippen molar-refractivity contribution in [3.8, 4) is 11.5 Å². The van der Waals surface area contributed by atoms with Gasteiger partial charge in [-0.25, -0.2) is 0 Å².